The van der Waals surface area contributed by atoms with Crippen LogP contribution in [0.3, 0.4) is 0 Å². The number of nitrogens with one attached hydrogen (secondary N) is 1. The molecule has 7 atom stereocenters. The van der Waals surface area contributed by atoms with Gasteiger partial charge in [0, 0.05) is 41.6 Å². The molecule has 2 aromatic rings. The normalized spacial score (nSPS) is 18.5. The van der Waals surface area contributed by atoms with Crippen LogP contribution < -0.4 is 5.32 Å². The molecule has 1 fully saturated rings. The predicted octanol–water partition coefficient (Wildman–Crippen LogP) is 7.03. The Balaban J connectivity index is 1.80. The first-order valence-corrected chi connectivity index (χ1v) is 19.9. The van der Waals surface area contributed by atoms with Crippen LogP contribution in [0.4, 0.5) is 0 Å². The Labute approximate surface area is 315 Å². The summed E-state index contributed by atoms with van der Waals surface area (Å²) in [5.74, 6) is -0.727. The number of carbonyl (C=O) groups is 4. The number of amides is 2. The molecule has 2 heterocycles. The summed E-state index contributed by atoms with van der Waals surface area (Å²) in [7, 11) is 2.01. The van der Waals surface area contributed by atoms with Crippen molar-refractivity contribution in [3.63, 3.8) is 0 Å². The number of ketones is 1. The molecular formula is C41H62N4O6S. The largest absolute Gasteiger partial charge is 0.508 e. The first-order valence-electron chi connectivity index (χ1n) is 19.0. The molecule has 0 bridgehead atoms. The van der Waals surface area contributed by atoms with Gasteiger partial charge in [-0.15, -0.1) is 17.9 Å². The highest BCUT2D eigenvalue weighted by Crippen LogP contribution is 2.32. The van der Waals surface area contributed by atoms with Gasteiger partial charge >= 0.3 is 0 Å². The summed E-state index contributed by atoms with van der Waals surface area (Å²) >= 11 is 1.42. The number of hydrogen-bond acceptors (Lipinski definition) is 9. The third-order valence-electron chi connectivity index (χ3n) is 10.5. The van der Waals surface area contributed by atoms with E-state index in [9.17, 15) is 24.3 Å². The number of nitrogens with zero attached hydrogens (tertiary/aromatic N) is 3. The van der Waals surface area contributed by atoms with E-state index in [0.29, 0.717) is 31.6 Å². The number of Topliss-reactive ketones (excluding diaryl/α,β-unsaturated/α-hetero) is 1. The van der Waals surface area contributed by atoms with Gasteiger partial charge in [-0.05, 0) is 75.2 Å². The third kappa shape index (κ3) is 12.6. The van der Waals surface area contributed by atoms with Crippen molar-refractivity contribution in [2.24, 2.45) is 23.7 Å². The van der Waals surface area contributed by atoms with Gasteiger partial charge < -0.3 is 24.9 Å². The van der Waals surface area contributed by atoms with Crippen LogP contribution in [-0.4, -0.2) is 88.8 Å². The minimum Gasteiger partial charge on any atom is -0.508 e. The monoisotopic (exact) mass is 738 g/mol. The highest BCUT2D eigenvalue weighted by Gasteiger charge is 2.38. The molecule has 1 aromatic carbocycles. The van der Waals surface area contributed by atoms with Gasteiger partial charge in [-0.1, -0.05) is 72.6 Å². The van der Waals surface area contributed by atoms with Gasteiger partial charge in [0.25, 0.3) is 5.91 Å². The average molecular weight is 739 g/mol. The molecule has 3 rings (SSSR count). The molecule has 0 saturated carbocycles. The van der Waals surface area contributed by atoms with E-state index in [1.54, 1.807) is 23.6 Å². The van der Waals surface area contributed by atoms with E-state index in [0.717, 1.165) is 49.1 Å². The highest BCUT2D eigenvalue weighted by atomic mass is 32.1. The van der Waals surface area contributed by atoms with E-state index < -0.39 is 5.92 Å². The minimum atomic E-state index is -0.455. The maximum absolute atomic E-state index is 14.6. The Kier molecular flexibility index (Phi) is 17.6. The number of aldehydes is 1. The van der Waals surface area contributed by atoms with Gasteiger partial charge in [0.2, 0.25) is 5.91 Å². The van der Waals surface area contributed by atoms with Gasteiger partial charge in [-0.25, -0.2) is 4.98 Å². The number of likely N-dealkylation sites (tertiary alicyclic amines) is 1. The van der Waals surface area contributed by atoms with Crippen LogP contribution in [0.25, 0.3) is 0 Å². The molecule has 11 heteroatoms. The van der Waals surface area contributed by atoms with E-state index in [2.05, 4.69) is 51.4 Å². The number of piperidine rings is 1. The lowest BCUT2D eigenvalue weighted by Crippen LogP contribution is -2.50. The van der Waals surface area contributed by atoms with Gasteiger partial charge in [0.1, 0.15) is 24.5 Å². The van der Waals surface area contributed by atoms with Gasteiger partial charge in [-0.2, -0.15) is 0 Å². The Morgan fingerprint density at radius 1 is 1.13 bits per heavy atom. The number of thiazole rings is 1. The topological polar surface area (TPSA) is 129 Å². The zero-order valence-electron chi connectivity index (χ0n) is 32.4. The van der Waals surface area contributed by atoms with Crippen molar-refractivity contribution in [2.75, 3.05) is 26.9 Å². The molecule has 1 saturated heterocycles. The summed E-state index contributed by atoms with van der Waals surface area (Å²) in [6.07, 6.45) is 8.07. The molecule has 1 aliphatic heterocycles. The Bertz CT molecular complexity index is 1440. The number of carbonyl (C=O) groups excluding carboxylic acids is 4. The number of aromatic nitrogens is 1. The molecule has 0 radical (unpaired) electrons. The molecule has 288 valence electrons. The average Bonchev–Trinajstić information content (AvgIpc) is 3.63. The summed E-state index contributed by atoms with van der Waals surface area (Å²) in [6, 6.07) is 6.18. The van der Waals surface area contributed by atoms with Crippen molar-refractivity contribution in [1.82, 2.24) is 20.1 Å². The summed E-state index contributed by atoms with van der Waals surface area (Å²) in [6.45, 7) is 17.3. The van der Waals surface area contributed by atoms with Gasteiger partial charge in [0.05, 0.1) is 17.7 Å². The van der Waals surface area contributed by atoms with Crippen LogP contribution in [0, 0.1) is 23.7 Å². The highest BCUT2D eigenvalue weighted by molar-refractivity contribution is 7.09. The maximum atomic E-state index is 14.6. The SMILES string of the molecule is C=CCOCN(C(=O)[C@@H](CC(=O)C1CCCCN1C)C(C)CC)[C@H](C[C@@H](C)c1nc(C(=O)N[C@@H](Cc2ccc(O)cc2)C[C@H](C)C=O)cs1)C(C)C. The lowest BCUT2D eigenvalue weighted by atomic mass is 9.82. The molecular weight excluding hydrogens is 677 g/mol. The quantitative estimate of drug-likeness (QED) is 0.0571. The molecule has 52 heavy (non-hydrogen) atoms. The zero-order chi connectivity index (χ0) is 38.4. The van der Waals surface area contributed by atoms with Crippen LogP contribution in [0.5, 0.6) is 5.75 Å². The van der Waals surface area contributed by atoms with E-state index >= 15 is 0 Å². The van der Waals surface area contributed by atoms with Crippen molar-refractivity contribution >= 4 is 35.2 Å². The second-order valence-corrected chi connectivity index (χ2v) is 16.1. The molecule has 2 N–H and O–H groups in total. The predicted molar refractivity (Wildman–Crippen MR) is 207 cm³/mol. The number of aromatic hydroxyl groups is 1. The van der Waals surface area contributed by atoms with Crippen molar-refractivity contribution < 1.29 is 29.0 Å². The number of ether oxygens (including phenoxy) is 1. The fourth-order valence-electron chi connectivity index (χ4n) is 7.14. The third-order valence-corrected chi connectivity index (χ3v) is 11.6. The van der Waals surface area contributed by atoms with Crippen molar-refractivity contribution in [3.8, 4) is 5.75 Å². The molecule has 0 aliphatic carbocycles. The number of phenolic OH excluding ortho intramolecular Hbond substituents is 1. The molecule has 10 nitrogen and oxygen atoms in total. The van der Waals surface area contributed by atoms with Crippen LogP contribution in [-0.2, 0) is 25.5 Å². The molecule has 2 amide bonds. The summed E-state index contributed by atoms with van der Waals surface area (Å²) in [5.41, 5.74) is 1.25. The maximum Gasteiger partial charge on any atom is 0.270 e. The second kappa shape index (κ2) is 21.3. The Hall–Kier alpha value is -3.41. The minimum absolute atomic E-state index is 0.0184. The van der Waals surface area contributed by atoms with E-state index in [-0.39, 0.29) is 78.3 Å². The number of rotatable bonds is 22. The zero-order valence-corrected chi connectivity index (χ0v) is 33.2. The second-order valence-electron chi connectivity index (χ2n) is 15.2. The Morgan fingerprint density at radius 3 is 2.46 bits per heavy atom. The van der Waals surface area contributed by atoms with E-state index in [1.807, 2.05) is 31.0 Å². The Morgan fingerprint density at radius 2 is 1.85 bits per heavy atom. The lowest BCUT2D eigenvalue weighted by Gasteiger charge is -2.39. The number of benzene rings is 1. The number of likely N-dealkylation sites (N-methyl/N-ethyl adjacent to an activating group) is 1. The number of phenols is 1. The standard InChI is InChI=1S/C41H62N4O6S/c1-9-19-51-26-45(41(50)34(29(6)10-2)23-38(48)36-13-11-12-18-44(36)8)37(27(3)4)21-30(7)40-43-35(25-52-40)39(49)42-32(20-28(5)24-46)22-31-14-16-33(47)17-15-31/h9,14-17,24-25,27-30,32,34,36-37,47H,1,10-13,18-23,26H2,2-8H3,(H,42,49)/t28-,29?,30+,32+,34-,36?,37+/m0/s1. The molecule has 1 aromatic heterocycles. The van der Waals surface area contributed by atoms with Crippen molar-refractivity contribution in [1.29, 1.82) is 0 Å². The summed E-state index contributed by atoms with van der Waals surface area (Å²) in [5, 5.41) is 15.3. The summed E-state index contributed by atoms with van der Waals surface area (Å²) in [4.78, 5) is 61.9. The van der Waals surface area contributed by atoms with E-state index in [4.69, 9.17) is 9.72 Å². The molecule has 1 aliphatic rings. The first kappa shape index (κ1) is 43.0. The van der Waals surface area contributed by atoms with Crippen molar-refractivity contribution in [2.45, 2.75) is 117 Å². The van der Waals surface area contributed by atoms with Crippen LogP contribution in [0.15, 0.2) is 42.3 Å². The molecule has 0 spiro atoms. The van der Waals surface area contributed by atoms with Gasteiger partial charge in [0.15, 0.2) is 5.78 Å². The number of hydrogen-bond donors (Lipinski definition) is 2. The fraction of sp³-hybridized carbons (Fsp3) is 0.634. The first-order chi connectivity index (χ1) is 24.8. The van der Waals surface area contributed by atoms with Crippen LogP contribution >= 0.6 is 11.3 Å². The summed E-state index contributed by atoms with van der Waals surface area (Å²) < 4.78 is 5.94. The smallest absolute Gasteiger partial charge is 0.270 e. The molecule has 2 unspecified atom stereocenters. The van der Waals surface area contributed by atoms with Crippen LogP contribution in [0.1, 0.15) is 113 Å². The lowest BCUT2D eigenvalue weighted by molar-refractivity contribution is -0.150. The van der Waals surface area contributed by atoms with Gasteiger partial charge in [-0.3, -0.25) is 19.3 Å². The fourth-order valence-corrected chi connectivity index (χ4v) is 8.01. The van der Waals surface area contributed by atoms with Crippen molar-refractivity contribution in [3.05, 3.63) is 58.6 Å². The van der Waals surface area contributed by atoms with Crippen LogP contribution in [0.2, 0.25) is 0 Å². The van der Waals surface area contributed by atoms with E-state index in [1.165, 1.54) is 11.3 Å².